The van der Waals surface area contributed by atoms with Crippen molar-refractivity contribution in [2.45, 2.75) is 103 Å². The van der Waals surface area contributed by atoms with E-state index in [9.17, 15) is 4.79 Å². The second kappa shape index (κ2) is 17.1. The molecule has 1 heterocycles. The van der Waals surface area contributed by atoms with Crippen LogP contribution >= 0.6 is 0 Å². The van der Waals surface area contributed by atoms with E-state index < -0.39 is 0 Å². The van der Waals surface area contributed by atoms with Crippen LogP contribution in [0, 0.1) is 0 Å². The molecule has 0 N–H and O–H groups in total. The van der Waals surface area contributed by atoms with E-state index in [1.165, 1.54) is 81.8 Å². The maximum Gasteiger partial charge on any atom is 0.337 e. The Balaban J connectivity index is 1.82. The van der Waals surface area contributed by atoms with Gasteiger partial charge < -0.3 is 4.74 Å². The first-order chi connectivity index (χ1) is 16.2. The number of aryl methyl sites for hydroxylation is 1. The Morgan fingerprint density at radius 1 is 0.848 bits per heavy atom. The molecule has 0 spiro atoms. The zero-order valence-electron chi connectivity index (χ0n) is 20.8. The number of esters is 1. The Labute approximate surface area is 201 Å². The van der Waals surface area contributed by atoms with E-state index in [0.717, 1.165) is 12.8 Å². The Kier molecular flexibility index (Phi) is 13.9. The Bertz CT molecular complexity index is 783. The lowest BCUT2D eigenvalue weighted by atomic mass is 9.92. The van der Waals surface area contributed by atoms with E-state index in [4.69, 9.17) is 4.74 Å². The number of aromatic nitrogens is 1. The van der Waals surface area contributed by atoms with E-state index in [0.29, 0.717) is 5.88 Å². The predicted molar refractivity (Wildman–Crippen MR) is 139 cm³/mol. The first-order valence-corrected chi connectivity index (χ1v) is 13.1. The van der Waals surface area contributed by atoms with Gasteiger partial charge in [0.15, 0.2) is 0 Å². The van der Waals surface area contributed by atoms with Crippen LogP contribution in [0.25, 0.3) is 0 Å². The normalized spacial score (nSPS) is 12.2. The molecule has 0 aliphatic heterocycles. The lowest BCUT2D eigenvalue weighted by Crippen LogP contribution is -2.06. The number of pyridine rings is 1. The largest absolute Gasteiger partial charge is 0.404 e. The van der Waals surface area contributed by atoms with E-state index in [2.05, 4.69) is 43.1 Å². The summed E-state index contributed by atoms with van der Waals surface area (Å²) in [5.74, 6) is 0.234. The van der Waals surface area contributed by atoms with Crippen LogP contribution in [-0.2, 0) is 11.2 Å². The predicted octanol–water partition coefficient (Wildman–Crippen LogP) is 8.59. The molecule has 0 saturated carbocycles. The molecule has 3 heteroatoms. The van der Waals surface area contributed by atoms with E-state index >= 15 is 0 Å². The number of hydrogen-bond donors (Lipinski definition) is 0. The van der Waals surface area contributed by atoms with Crippen LogP contribution < -0.4 is 4.74 Å². The number of nitrogens with zero attached hydrogens (tertiary/aromatic N) is 1. The number of allylic oxidation sites excluding steroid dienone is 1. The Hall–Kier alpha value is -2.42. The number of ether oxygens (including phenoxy) is 1. The van der Waals surface area contributed by atoms with Crippen LogP contribution in [0.1, 0.15) is 108 Å². The van der Waals surface area contributed by atoms with Gasteiger partial charge in [0.05, 0.1) is 0 Å². The third-order valence-corrected chi connectivity index (χ3v) is 6.13. The monoisotopic (exact) mass is 449 g/mol. The first kappa shape index (κ1) is 26.8. The average Bonchev–Trinajstić information content (AvgIpc) is 2.84. The van der Waals surface area contributed by atoms with Crippen molar-refractivity contribution < 1.29 is 9.53 Å². The minimum atomic E-state index is -0.362. The highest BCUT2D eigenvalue weighted by Gasteiger charge is 2.10. The van der Waals surface area contributed by atoms with Crippen molar-refractivity contribution in [3.63, 3.8) is 0 Å². The number of carbonyl (C=O) groups is 1. The van der Waals surface area contributed by atoms with Crippen molar-refractivity contribution in [3.8, 4) is 5.88 Å². The van der Waals surface area contributed by atoms with E-state index in [1.807, 2.05) is 24.4 Å². The summed E-state index contributed by atoms with van der Waals surface area (Å²) in [6.07, 6.45) is 21.4. The van der Waals surface area contributed by atoms with Gasteiger partial charge in [0.2, 0.25) is 5.88 Å². The van der Waals surface area contributed by atoms with Crippen LogP contribution in [0.4, 0.5) is 0 Å². The second-order valence-corrected chi connectivity index (χ2v) is 9.02. The fourth-order valence-corrected chi connectivity index (χ4v) is 4.10. The molecule has 180 valence electrons. The molecule has 0 aliphatic rings. The summed E-state index contributed by atoms with van der Waals surface area (Å²) >= 11 is 0. The van der Waals surface area contributed by atoms with Gasteiger partial charge in [0, 0.05) is 24.3 Å². The van der Waals surface area contributed by atoms with Crippen molar-refractivity contribution in [2.75, 3.05) is 0 Å². The highest BCUT2D eigenvalue weighted by molar-refractivity contribution is 5.83. The van der Waals surface area contributed by atoms with Gasteiger partial charge in [-0.2, -0.15) is 0 Å². The number of hydrogen-bond acceptors (Lipinski definition) is 3. The van der Waals surface area contributed by atoms with Gasteiger partial charge in [0.25, 0.3) is 0 Å². The fraction of sp³-hybridized carbons (Fsp3) is 0.533. The van der Waals surface area contributed by atoms with Gasteiger partial charge in [-0.1, -0.05) is 121 Å². The molecule has 1 aromatic heterocycles. The van der Waals surface area contributed by atoms with Crippen LogP contribution in [0.15, 0.2) is 60.8 Å². The van der Waals surface area contributed by atoms with Gasteiger partial charge in [-0.3, -0.25) is 0 Å². The molecule has 2 rings (SSSR count). The minimum Gasteiger partial charge on any atom is -0.404 e. The summed E-state index contributed by atoms with van der Waals surface area (Å²) in [6, 6.07) is 14.3. The maximum atomic E-state index is 12.4. The Morgan fingerprint density at radius 2 is 1.52 bits per heavy atom. The van der Waals surface area contributed by atoms with Crippen molar-refractivity contribution in [1.29, 1.82) is 0 Å². The summed E-state index contributed by atoms with van der Waals surface area (Å²) in [6.45, 7) is 4.48. The number of carbonyl (C=O) groups excluding carboxylic acids is 1. The molecular formula is C30H43NO2. The molecule has 1 aromatic carbocycles. The molecule has 3 nitrogen and oxygen atoms in total. The molecule has 0 bridgehead atoms. The quantitative estimate of drug-likeness (QED) is 0.138. The third-order valence-electron chi connectivity index (χ3n) is 6.13. The zero-order chi connectivity index (χ0) is 23.6. The molecule has 33 heavy (non-hydrogen) atoms. The maximum absolute atomic E-state index is 12.4. The van der Waals surface area contributed by atoms with E-state index in [-0.39, 0.29) is 11.9 Å². The summed E-state index contributed by atoms with van der Waals surface area (Å²) in [4.78, 5) is 16.7. The minimum absolute atomic E-state index is 0.230. The van der Waals surface area contributed by atoms with Crippen molar-refractivity contribution in [2.24, 2.45) is 0 Å². The molecule has 1 atom stereocenters. The smallest absolute Gasteiger partial charge is 0.337 e. The first-order valence-electron chi connectivity index (χ1n) is 13.1. The summed E-state index contributed by atoms with van der Waals surface area (Å²) < 4.78 is 5.45. The SMILES string of the molecule is CCCCCCCCC(C=CC(=O)Oc1ccc(CCCCCCC)cn1)c1ccccc1. The molecule has 2 aromatic rings. The van der Waals surface area contributed by atoms with Gasteiger partial charge in [0.1, 0.15) is 0 Å². The highest BCUT2D eigenvalue weighted by Crippen LogP contribution is 2.24. The molecular weight excluding hydrogens is 406 g/mol. The number of rotatable bonds is 17. The van der Waals surface area contributed by atoms with Crippen molar-refractivity contribution >= 4 is 5.97 Å². The van der Waals surface area contributed by atoms with Crippen LogP contribution in [0.5, 0.6) is 5.88 Å². The van der Waals surface area contributed by atoms with Crippen molar-refractivity contribution in [1.82, 2.24) is 4.98 Å². The van der Waals surface area contributed by atoms with Gasteiger partial charge >= 0.3 is 5.97 Å². The molecule has 0 radical (unpaired) electrons. The average molecular weight is 450 g/mol. The third kappa shape index (κ3) is 11.8. The van der Waals surface area contributed by atoms with Crippen LogP contribution in [0.3, 0.4) is 0 Å². The van der Waals surface area contributed by atoms with Gasteiger partial charge in [-0.25, -0.2) is 9.78 Å². The standard InChI is InChI=1S/C30H43NO2/c1-3-5-7-9-11-14-20-28(27-18-15-12-16-19-27)22-24-30(32)33-29-23-21-26(25-31-29)17-13-10-8-6-4-2/h12,15-16,18-19,21-25,28H,3-11,13-14,17,20H2,1-2H3. The number of benzene rings is 1. The van der Waals surface area contributed by atoms with Gasteiger partial charge in [-0.05, 0) is 30.4 Å². The van der Waals surface area contributed by atoms with Gasteiger partial charge in [-0.15, -0.1) is 0 Å². The second-order valence-electron chi connectivity index (χ2n) is 9.02. The lowest BCUT2D eigenvalue weighted by molar-refractivity contribution is -0.129. The molecule has 0 saturated heterocycles. The summed E-state index contributed by atoms with van der Waals surface area (Å²) in [7, 11) is 0. The number of unbranched alkanes of at least 4 members (excludes halogenated alkanes) is 9. The molecule has 0 amide bonds. The zero-order valence-corrected chi connectivity index (χ0v) is 20.8. The summed E-state index contributed by atoms with van der Waals surface area (Å²) in [5.41, 5.74) is 2.45. The van der Waals surface area contributed by atoms with E-state index in [1.54, 1.807) is 12.1 Å². The molecule has 0 aliphatic carbocycles. The van der Waals surface area contributed by atoms with Crippen LogP contribution in [-0.4, -0.2) is 11.0 Å². The summed E-state index contributed by atoms with van der Waals surface area (Å²) in [5, 5.41) is 0. The fourth-order valence-electron chi connectivity index (χ4n) is 4.10. The molecule has 0 fully saturated rings. The lowest BCUT2D eigenvalue weighted by Gasteiger charge is -2.13. The van der Waals surface area contributed by atoms with Crippen molar-refractivity contribution in [3.05, 3.63) is 71.9 Å². The Morgan fingerprint density at radius 3 is 2.18 bits per heavy atom. The highest BCUT2D eigenvalue weighted by atomic mass is 16.5. The molecule has 1 unspecified atom stereocenters. The topological polar surface area (TPSA) is 39.2 Å². The van der Waals surface area contributed by atoms with Crippen LogP contribution in [0.2, 0.25) is 0 Å².